The molecule has 0 radical (unpaired) electrons. The maximum atomic E-state index is 12.5. The lowest BCUT2D eigenvalue weighted by molar-refractivity contribution is 0.247. The summed E-state index contributed by atoms with van der Waals surface area (Å²) < 4.78 is 27.5. The summed E-state index contributed by atoms with van der Waals surface area (Å²) in [6, 6.07) is 1.85. The van der Waals surface area contributed by atoms with Gasteiger partial charge in [-0.05, 0) is 47.1 Å². The van der Waals surface area contributed by atoms with Gasteiger partial charge in [0, 0.05) is 23.1 Å². The van der Waals surface area contributed by atoms with Gasteiger partial charge in [-0.3, -0.25) is 0 Å². The zero-order valence-electron chi connectivity index (χ0n) is 9.47. The van der Waals surface area contributed by atoms with Crippen molar-refractivity contribution in [3.8, 4) is 0 Å². The molecule has 4 nitrogen and oxygen atoms in total. The van der Waals surface area contributed by atoms with Gasteiger partial charge < -0.3 is 5.73 Å². The highest BCUT2D eigenvalue weighted by Crippen LogP contribution is 2.33. The van der Waals surface area contributed by atoms with Crippen LogP contribution in [0.25, 0.3) is 0 Å². The van der Waals surface area contributed by atoms with E-state index in [4.69, 9.17) is 5.73 Å². The van der Waals surface area contributed by atoms with Crippen LogP contribution in [0.1, 0.15) is 19.8 Å². The molecule has 1 aromatic rings. The maximum Gasteiger partial charge on any atom is 0.253 e. The minimum Gasteiger partial charge on any atom is -0.328 e. The topological polar surface area (TPSA) is 63.4 Å². The van der Waals surface area contributed by atoms with E-state index in [1.54, 1.807) is 15.8 Å². The van der Waals surface area contributed by atoms with E-state index in [-0.39, 0.29) is 12.1 Å². The van der Waals surface area contributed by atoms with Gasteiger partial charge in [0.25, 0.3) is 10.0 Å². The Bertz CT molecular complexity index is 500. The molecule has 7 heteroatoms. The second-order valence-corrected chi connectivity index (χ2v) is 8.16. The number of thiophene rings is 1. The van der Waals surface area contributed by atoms with Crippen LogP contribution in [0, 0.1) is 0 Å². The first-order chi connectivity index (χ1) is 7.93. The van der Waals surface area contributed by atoms with Crippen molar-refractivity contribution in [1.82, 2.24) is 4.31 Å². The smallest absolute Gasteiger partial charge is 0.253 e. The highest BCUT2D eigenvalue weighted by atomic mass is 79.9. The van der Waals surface area contributed by atoms with E-state index in [2.05, 4.69) is 15.9 Å². The van der Waals surface area contributed by atoms with Crippen LogP contribution in [0.3, 0.4) is 0 Å². The number of halogens is 1. The molecule has 1 fully saturated rings. The molecule has 2 N–H and O–H groups in total. The molecule has 1 aliphatic heterocycles. The van der Waals surface area contributed by atoms with Gasteiger partial charge in [-0.2, -0.15) is 4.31 Å². The average molecular weight is 339 g/mol. The third-order valence-electron chi connectivity index (χ3n) is 2.98. The molecular weight excluding hydrogens is 324 g/mol. The lowest BCUT2D eigenvalue weighted by atomic mass is 10.0. The minimum atomic E-state index is -3.37. The normalized spacial score (nSPS) is 27.2. The van der Waals surface area contributed by atoms with Crippen LogP contribution in [0.5, 0.6) is 0 Å². The Kier molecular flexibility index (Phi) is 3.94. The first-order valence-electron chi connectivity index (χ1n) is 5.43. The molecular formula is C10H15BrN2O2S2. The fourth-order valence-corrected chi connectivity index (χ4v) is 6.20. The lowest BCUT2D eigenvalue weighted by Crippen LogP contribution is -2.48. The Morgan fingerprint density at radius 3 is 2.82 bits per heavy atom. The summed E-state index contributed by atoms with van der Waals surface area (Å²) in [5.74, 6) is 0. The van der Waals surface area contributed by atoms with Gasteiger partial charge in [-0.1, -0.05) is 0 Å². The van der Waals surface area contributed by atoms with Gasteiger partial charge in [0.05, 0.1) is 0 Å². The number of hydrogen-bond acceptors (Lipinski definition) is 4. The van der Waals surface area contributed by atoms with E-state index in [0.717, 1.165) is 12.8 Å². The number of nitrogens with zero attached hydrogens (tertiary/aromatic N) is 1. The zero-order chi connectivity index (χ0) is 12.6. The van der Waals surface area contributed by atoms with E-state index < -0.39 is 10.0 Å². The molecule has 1 aliphatic rings. The molecule has 0 spiro atoms. The van der Waals surface area contributed by atoms with Crippen LogP contribution in [0.4, 0.5) is 0 Å². The predicted octanol–water partition coefficient (Wildman–Crippen LogP) is 2.01. The van der Waals surface area contributed by atoms with Crippen LogP contribution in [-0.2, 0) is 10.0 Å². The van der Waals surface area contributed by atoms with Crippen LogP contribution < -0.4 is 5.73 Å². The van der Waals surface area contributed by atoms with Crippen molar-refractivity contribution in [3.05, 3.63) is 15.9 Å². The first-order valence-corrected chi connectivity index (χ1v) is 8.54. The highest BCUT2D eigenvalue weighted by Gasteiger charge is 2.35. The molecule has 1 aromatic heterocycles. The first kappa shape index (κ1) is 13.5. The van der Waals surface area contributed by atoms with Crippen LogP contribution in [-0.4, -0.2) is 31.4 Å². The number of nitrogens with two attached hydrogens (primary N) is 1. The molecule has 96 valence electrons. The Labute approximate surface area is 114 Å². The summed E-state index contributed by atoms with van der Waals surface area (Å²) in [6.45, 7) is 2.42. The van der Waals surface area contributed by atoms with Crippen LogP contribution >= 0.6 is 27.3 Å². The number of sulfonamides is 1. The molecule has 1 saturated heterocycles. The van der Waals surface area contributed by atoms with Crippen molar-refractivity contribution in [3.63, 3.8) is 0 Å². The number of piperidine rings is 1. The monoisotopic (exact) mass is 338 g/mol. The molecule has 0 aromatic carbocycles. The Morgan fingerprint density at radius 2 is 2.29 bits per heavy atom. The van der Waals surface area contributed by atoms with E-state index in [1.165, 1.54) is 11.3 Å². The summed E-state index contributed by atoms with van der Waals surface area (Å²) in [5.41, 5.74) is 5.85. The molecule has 0 bridgehead atoms. The van der Waals surface area contributed by atoms with Crippen molar-refractivity contribution in [2.45, 2.75) is 36.1 Å². The Balaban J connectivity index is 2.31. The molecule has 2 atom stereocenters. The molecule has 0 unspecified atom stereocenters. The maximum absolute atomic E-state index is 12.5. The average Bonchev–Trinajstić information content (AvgIpc) is 2.64. The van der Waals surface area contributed by atoms with Crippen molar-refractivity contribution < 1.29 is 8.42 Å². The third kappa shape index (κ3) is 2.58. The molecule has 0 saturated carbocycles. The minimum absolute atomic E-state index is 0.0299. The molecule has 2 heterocycles. The largest absolute Gasteiger partial charge is 0.328 e. The second-order valence-electron chi connectivity index (χ2n) is 4.31. The SMILES string of the molecule is C[C@@H]1C[C@@H](N)CCN1S(=O)(=O)c1sccc1Br. The number of hydrogen-bond donors (Lipinski definition) is 1. The summed E-state index contributed by atoms with van der Waals surface area (Å²) >= 11 is 4.53. The lowest BCUT2D eigenvalue weighted by Gasteiger charge is -2.34. The summed E-state index contributed by atoms with van der Waals surface area (Å²) in [4.78, 5) is 0. The Morgan fingerprint density at radius 1 is 1.59 bits per heavy atom. The molecule has 2 rings (SSSR count). The summed E-state index contributed by atoms with van der Waals surface area (Å²) in [5, 5.41) is 1.78. The van der Waals surface area contributed by atoms with Crippen molar-refractivity contribution in [1.29, 1.82) is 0 Å². The van der Waals surface area contributed by atoms with E-state index in [9.17, 15) is 8.42 Å². The molecule has 0 amide bonds. The van der Waals surface area contributed by atoms with Gasteiger partial charge in [-0.25, -0.2) is 8.42 Å². The van der Waals surface area contributed by atoms with Gasteiger partial charge in [0.15, 0.2) is 0 Å². The summed E-state index contributed by atoms with van der Waals surface area (Å²) in [7, 11) is -3.37. The van der Waals surface area contributed by atoms with Gasteiger partial charge >= 0.3 is 0 Å². The predicted molar refractivity (Wildman–Crippen MR) is 72.6 cm³/mol. The fraction of sp³-hybridized carbons (Fsp3) is 0.600. The van der Waals surface area contributed by atoms with E-state index >= 15 is 0 Å². The highest BCUT2D eigenvalue weighted by molar-refractivity contribution is 9.10. The number of rotatable bonds is 2. The second kappa shape index (κ2) is 4.97. The fourth-order valence-electron chi connectivity index (χ4n) is 2.11. The quantitative estimate of drug-likeness (QED) is 0.897. The van der Waals surface area contributed by atoms with Gasteiger partial charge in [-0.15, -0.1) is 11.3 Å². The van der Waals surface area contributed by atoms with Crippen molar-refractivity contribution in [2.75, 3.05) is 6.54 Å². The van der Waals surface area contributed by atoms with Crippen molar-refractivity contribution in [2.24, 2.45) is 5.73 Å². The third-order valence-corrected chi connectivity index (χ3v) is 7.64. The standard InChI is InChI=1S/C10H15BrN2O2S2/c1-7-6-8(12)2-4-13(7)17(14,15)10-9(11)3-5-16-10/h3,5,7-8H,2,4,6,12H2,1H3/t7-,8+/m1/s1. The Hall–Kier alpha value is 0.0500. The van der Waals surface area contributed by atoms with Gasteiger partial charge in [0.1, 0.15) is 4.21 Å². The van der Waals surface area contributed by atoms with E-state index in [0.29, 0.717) is 15.2 Å². The zero-order valence-corrected chi connectivity index (χ0v) is 12.7. The van der Waals surface area contributed by atoms with Crippen LogP contribution in [0.2, 0.25) is 0 Å². The summed E-state index contributed by atoms with van der Waals surface area (Å²) in [6.07, 6.45) is 1.45. The van der Waals surface area contributed by atoms with E-state index in [1.807, 2.05) is 6.92 Å². The van der Waals surface area contributed by atoms with Crippen LogP contribution in [0.15, 0.2) is 20.1 Å². The molecule has 17 heavy (non-hydrogen) atoms. The van der Waals surface area contributed by atoms with Crippen molar-refractivity contribution >= 4 is 37.3 Å². The molecule has 0 aliphatic carbocycles. The van der Waals surface area contributed by atoms with Gasteiger partial charge in [0.2, 0.25) is 0 Å².